The van der Waals surface area contributed by atoms with E-state index >= 15 is 0 Å². The Morgan fingerprint density at radius 1 is 0.804 bits per heavy atom. The molecule has 252 valence electrons. The van der Waals surface area contributed by atoms with Crippen LogP contribution in [0.1, 0.15) is 60.9 Å². The van der Waals surface area contributed by atoms with Crippen molar-refractivity contribution in [2.24, 2.45) is 0 Å². The number of carboxylic acids is 1. The van der Waals surface area contributed by atoms with Crippen molar-refractivity contribution in [2.75, 3.05) is 34.8 Å². The third-order valence-electron chi connectivity index (χ3n) is 6.91. The normalized spacial score (nSPS) is 12.2. The zero-order valence-corrected chi connectivity index (χ0v) is 24.8. The molecular weight excluding hydrogens is 633 g/mol. The van der Waals surface area contributed by atoms with Gasteiger partial charge in [-0.1, -0.05) is 13.3 Å². The Labute approximate surface area is 259 Å². The molecule has 0 saturated heterocycles. The highest BCUT2D eigenvalue weighted by Crippen LogP contribution is 2.38. The van der Waals surface area contributed by atoms with Crippen molar-refractivity contribution in [2.45, 2.75) is 64.7 Å². The second kappa shape index (κ2) is 14.9. The van der Waals surface area contributed by atoms with Crippen LogP contribution in [0, 0.1) is 0 Å². The second-order valence-corrected chi connectivity index (χ2v) is 10.4. The molecule has 2 N–H and O–H groups in total. The van der Waals surface area contributed by atoms with Crippen molar-refractivity contribution < 1.29 is 49.4 Å². The summed E-state index contributed by atoms with van der Waals surface area (Å²) in [7, 11) is 0. The van der Waals surface area contributed by atoms with Gasteiger partial charge in [0.2, 0.25) is 0 Å². The number of alkyl halides is 9. The Balaban J connectivity index is 2.19. The zero-order chi connectivity index (χ0) is 34.3. The molecule has 7 nitrogen and oxygen atoms in total. The Morgan fingerprint density at radius 3 is 1.98 bits per heavy atom. The number of hydrogen-bond donors (Lipinski definition) is 2. The molecule has 0 spiro atoms. The van der Waals surface area contributed by atoms with E-state index in [0.717, 1.165) is 24.9 Å². The summed E-state index contributed by atoms with van der Waals surface area (Å²) in [6.45, 7) is 3.54. The van der Waals surface area contributed by atoms with Gasteiger partial charge >= 0.3 is 24.5 Å². The van der Waals surface area contributed by atoms with Crippen LogP contribution in [0.5, 0.6) is 0 Å². The van der Waals surface area contributed by atoms with E-state index in [2.05, 4.69) is 15.3 Å². The van der Waals surface area contributed by atoms with Crippen LogP contribution in [0.25, 0.3) is 0 Å². The van der Waals surface area contributed by atoms with Gasteiger partial charge in [0.15, 0.2) is 0 Å². The van der Waals surface area contributed by atoms with E-state index in [9.17, 15) is 44.3 Å². The lowest BCUT2D eigenvalue weighted by molar-refractivity contribution is -0.143. The molecule has 1 heterocycles. The topological polar surface area (TPSA) is 81.6 Å². The number of aliphatic carboxylic acids is 1. The third kappa shape index (κ3) is 10.1. The van der Waals surface area contributed by atoms with Crippen LogP contribution in [0.15, 0.2) is 48.8 Å². The smallest absolute Gasteiger partial charge is 0.416 e. The second-order valence-electron chi connectivity index (χ2n) is 10.4. The molecule has 0 bridgehead atoms. The van der Waals surface area contributed by atoms with Crippen molar-refractivity contribution in [3.63, 3.8) is 0 Å². The summed E-state index contributed by atoms with van der Waals surface area (Å²) in [6.07, 6.45) is -12.7. The number of anilines is 3. The van der Waals surface area contributed by atoms with E-state index in [1.807, 2.05) is 11.8 Å². The zero-order valence-electron chi connectivity index (χ0n) is 24.8. The number of halogens is 9. The maximum absolute atomic E-state index is 13.8. The largest absolute Gasteiger partial charge is 0.481 e. The lowest BCUT2D eigenvalue weighted by Crippen LogP contribution is -2.29. The van der Waals surface area contributed by atoms with Crippen molar-refractivity contribution in [3.05, 3.63) is 76.6 Å². The van der Waals surface area contributed by atoms with Crippen LogP contribution in [0.2, 0.25) is 0 Å². The number of hydrogen-bond acceptors (Lipinski definition) is 6. The van der Waals surface area contributed by atoms with E-state index in [4.69, 9.17) is 5.11 Å². The van der Waals surface area contributed by atoms with Crippen molar-refractivity contribution in [1.29, 1.82) is 0 Å². The first-order chi connectivity index (χ1) is 21.4. The molecule has 0 fully saturated rings. The van der Waals surface area contributed by atoms with Crippen LogP contribution in [0.4, 0.5) is 56.8 Å². The fourth-order valence-electron chi connectivity index (χ4n) is 4.66. The van der Waals surface area contributed by atoms with Crippen LogP contribution in [0.3, 0.4) is 0 Å². The Hall–Kier alpha value is -4.24. The van der Waals surface area contributed by atoms with E-state index < -0.39 is 59.8 Å². The first-order valence-electron chi connectivity index (χ1n) is 14.2. The van der Waals surface area contributed by atoms with E-state index in [0.29, 0.717) is 37.3 Å². The molecule has 0 amide bonds. The molecule has 1 aromatic heterocycles. The first-order valence-corrected chi connectivity index (χ1v) is 14.2. The van der Waals surface area contributed by atoms with Gasteiger partial charge in [-0.05, 0) is 60.9 Å². The summed E-state index contributed by atoms with van der Waals surface area (Å²) in [5, 5.41) is 11.7. The molecule has 0 atom stereocenters. The predicted molar refractivity (Wildman–Crippen MR) is 153 cm³/mol. The standard InChI is InChI=1S/C30H32F9N5O2/c1-3-5-10-43(4-2)24-7-6-21(28(31,32)33)13-20(24)17-44(26-15-25(41-18-42-26)40-9-8-27(45)46)16-19-11-22(29(34,35)36)14-23(12-19)30(37,38)39/h6-7,11-15,18H,3-5,8-10,16-17H2,1-2H3,(H,45,46)(H,40,41,42). The minimum atomic E-state index is -5.12. The summed E-state index contributed by atoms with van der Waals surface area (Å²) in [4.78, 5) is 22.1. The molecule has 0 aliphatic rings. The number of aromatic nitrogens is 2. The van der Waals surface area contributed by atoms with Gasteiger partial charge in [0.1, 0.15) is 18.0 Å². The fraction of sp³-hybridized carbons (Fsp3) is 0.433. The van der Waals surface area contributed by atoms with E-state index in [1.165, 1.54) is 17.0 Å². The van der Waals surface area contributed by atoms with Gasteiger partial charge in [-0.2, -0.15) is 39.5 Å². The van der Waals surface area contributed by atoms with Crippen LogP contribution in [-0.4, -0.2) is 40.7 Å². The SMILES string of the molecule is CCCCN(CC)c1ccc(C(F)(F)F)cc1CN(Cc1cc(C(F)(F)F)cc(C(F)(F)F)c1)c1cc(NCCC(=O)O)ncn1. The lowest BCUT2D eigenvalue weighted by Gasteiger charge is -2.30. The molecule has 3 rings (SSSR count). The van der Waals surface area contributed by atoms with Crippen molar-refractivity contribution >= 4 is 23.3 Å². The van der Waals surface area contributed by atoms with Gasteiger partial charge < -0.3 is 20.2 Å². The quantitative estimate of drug-likeness (QED) is 0.168. The van der Waals surface area contributed by atoms with Crippen molar-refractivity contribution in [3.8, 4) is 0 Å². The maximum Gasteiger partial charge on any atom is 0.416 e. The molecule has 3 aromatic rings. The summed E-state index contributed by atoms with van der Waals surface area (Å²) in [5.74, 6) is -1.08. The number of benzene rings is 2. The number of carboxylic acid groups (broad SMARTS) is 1. The minimum Gasteiger partial charge on any atom is -0.481 e. The minimum absolute atomic E-state index is 0.0131. The van der Waals surface area contributed by atoms with E-state index in [1.54, 1.807) is 6.92 Å². The molecule has 0 unspecified atom stereocenters. The van der Waals surface area contributed by atoms with Gasteiger partial charge in [0.25, 0.3) is 0 Å². The molecule has 0 saturated carbocycles. The number of nitrogens with one attached hydrogen (secondary N) is 1. The molecular formula is C30H32F9N5O2. The van der Waals surface area contributed by atoms with Crippen LogP contribution in [-0.2, 0) is 36.4 Å². The lowest BCUT2D eigenvalue weighted by atomic mass is 10.0. The fourth-order valence-corrected chi connectivity index (χ4v) is 4.66. The number of nitrogens with zero attached hydrogens (tertiary/aromatic N) is 4. The predicted octanol–water partition coefficient (Wildman–Crippen LogP) is 8.25. The Bertz CT molecular complexity index is 1440. The van der Waals surface area contributed by atoms with Gasteiger partial charge in [-0.15, -0.1) is 0 Å². The summed E-state index contributed by atoms with van der Waals surface area (Å²) in [6, 6.07) is 5.46. The van der Waals surface area contributed by atoms with Gasteiger partial charge in [0.05, 0.1) is 23.1 Å². The Kier molecular flexibility index (Phi) is 11.7. The van der Waals surface area contributed by atoms with Gasteiger partial charge in [-0.25, -0.2) is 9.97 Å². The highest BCUT2D eigenvalue weighted by molar-refractivity contribution is 5.67. The highest BCUT2D eigenvalue weighted by Gasteiger charge is 2.37. The van der Waals surface area contributed by atoms with E-state index in [-0.39, 0.29) is 36.2 Å². The molecule has 46 heavy (non-hydrogen) atoms. The number of carbonyl (C=O) groups is 1. The molecule has 16 heteroatoms. The van der Waals surface area contributed by atoms with Gasteiger partial charge in [-0.3, -0.25) is 4.79 Å². The first kappa shape index (κ1) is 36.2. The van der Waals surface area contributed by atoms with Crippen LogP contribution < -0.4 is 15.1 Å². The molecule has 2 aromatic carbocycles. The summed E-state index contributed by atoms with van der Waals surface area (Å²) < 4.78 is 123. The van der Waals surface area contributed by atoms with Crippen LogP contribution >= 0.6 is 0 Å². The summed E-state index contributed by atoms with van der Waals surface area (Å²) in [5.41, 5.74) is -4.00. The molecule has 0 aliphatic heterocycles. The van der Waals surface area contributed by atoms with Gasteiger partial charge in [0, 0.05) is 44.5 Å². The average Bonchev–Trinajstić information content (AvgIpc) is 2.96. The number of unbranched alkanes of at least 4 members (excludes halogenated alkanes) is 1. The highest BCUT2D eigenvalue weighted by atomic mass is 19.4. The molecule has 0 radical (unpaired) electrons. The monoisotopic (exact) mass is 665 g/mol. The Morgan fingerprint density at radius 2 is 1.43 bits per heavy atom. The molecule has 0 aliphatic carbocycles. The summed E-state index contributed by atoms with van der Waals surface area (Å²) >= 11 is 0. The third-order valence-corrected chi connectivity index (χ3v) is 6.91. The van der Waals surface area contributed by atoms with Crippen molar-refractivity contribution in [1.82, 2.24) is 9.97 Å². The average molecular weight is 666 g/mol. The number of rotatable bonds is 14. The maximum atomic E-state index is 13.8.